The molecule has 30 heavy (non-hydrogen) atoms. The van der Waals surface area contributed by atoms with Gasteiger partial charge in [0.05, 0.1) is 12.5 Å². The maximum absolute atomic E-state index is 13.5. The molecule has 1 heterocycles. The zero-order chi connectivity index (χ0) is 20.7. The molecular formula is C25H32N2O3. The molecule has 0 atom stereocenters. The molecule has 160 valence electrons. The lowest BCUT2D eigenvalue weighted by atomic mass is 9.49. The van der Waals surface area contributed by atoms with Gasteiger partial charge >= 0.3 is 0 Å². The Morgan fingerprint density at radius 3 is 1.97 bits per heavy atom. The van der Waals surface area contributed by atoms with E-state index in [1.807, 2.05) is 35.2 Å². The maximum atomic E-state index is 13.5. The standard InChI is InChI=1S/C25H32N2O3/c1-30-22-5-2-18(3-6-22)4-7-23(28)26-8-10-27(11-9-26)24(29)25-15-19-12-20(16-25)14-21(13-19)17-25/h2-7,19-21H,8-17H2,1H3. The number of amides is 2. The van der Waals surface area contributed by atoms with Crippen LogP contribution in [0.4, 0.5) is 0 Å². The number of nitrogens with zero attached hydrogens (tertiary/aromatic N) is 2. The Hall–Kier alpha value is -2.30. The summed E-state index contributed by atoms with van der Waals surface area (Å²) in [6, 6.07) is 7.65. The number of carbonyl (C=O) groups is 2. The van der Waals surface area contributed by atoms with Crippen LogP contribution in [0.1, 0.15) is 44.1 Å². The van der Waals surface area contributed by atoms with Gasteiger partial charge in [-0.05, 0) is 80.1 Å². The molecule has 5 aliphatic rings. The van der Waals surface area contributed by atoms with Gasteiger partial charge in [-0.3, -0.25) is 9.59 Å². The fourth-order valence-corrected chi connectivity index (χ4v) is 6.83. The van der Waals surface area contributed by atoms with Crippen molar-refractivity contribution < 1.29 is 14.3 Å². The predicted molar refractivity (Wildman–Crippen MR) is 116 cm³/mol. The molecule has 5 nitrogen and oxygen atoms in total. The van der Waals surface area contributed by atoms with E-state index >= 15 is 0 Å². The largest absolute Gasteiger partial charge is 0.497 e. The summed E-state index contributed by atoms with van der Waals surface area (Å²) in [6.07, 6.45) is 10.9. The summed E-state index contributed by atoms with van der Waals surface area (Å²) in [7, 11) is 1.64. The van der Waals surface area contributed by atoms with E-state index in [0.29, 0.717) is 32.1 Å². The van der Waals surface area contributed by atoms with Crippen LogP contribution in [0, 0.1) is 23.2 Å². The highest BCUT2D eigenvalue weighted by atomic mass is 16.5. The van der Waals surface area contributed by atoms with Crippen LogP contribution in [0.25, 0.3) is 6.08 Å². The van der Waals surface area contributed by atoms with Crippen molar-refractivity contribution in [2.45, 2.75) is 38.5 Å². The molecule has 2 amide bonds. The van der Waals surface area contributed by atoms with E-state index in [9.17, 15) is 9.59 Å². The third-order valence-electron chi connectivity index (χ3n) is 7.90. The van der Waals surface area contributed by atoms with Gasteiger partial charge in [-0.1, -0.05) is 12.1 Å². The molecular weight excluding hydrogens is 376 g/mol. The number of piperazine rings is 1. The van der Waals surface area contributed by atoms with Gasteiger partial charge in [0.15, 0.2) is 0 Å². The number of rotatable bonds is 4. The van der Waals surface area contributed by atoms with Gasteiger partial charge in [-0.15, -0.1) is 0 Å². The van der Waals surface area contributed by atoms with Crippen molar-refractivity contribution in [3.8, 4) is 5.75 Å². The lowest BCUT2D eigenvalue weighted by Crippen LogP contribution is -2.58. The van der Waals surface area contributed by atoms with Crippen molar-refractivity contribution >= 4 is 17.9 Å². The molecule has 6 rings (SSSR count). The van der Waals surface area contributed by atoms with Crippen LogP contribution in [0.5, 0.6) is 5.75 Å². The van der Waals surface area contributed by atoms with Gasteiger partial charge in [-0.25, -0.2) is 0 Å². The Labute approximate surface area is 179 Å². The van der Waals surface area contributed by atoms with E-state index in [2.05, 4.69) is 4.90 Å². The Morgan fingerprint density at radius 1 is 0.900 bits per heavy atom. The van der Waals surface area contributed by atoms with Crippen LogP contribution in [0.3, 0.4) is 0 Å². The lowest BCUT2D eigenvalue weighted by molar-refractivity contribution is -0.160. The minimum absolute atomic E-state index is 0.0210. The van der Waals surface area contributed by atoms with E-state index in [1.54, 1.807) is 13.2 Å². The minimum Gasteiger partial charge on any atom is -0.497 e. The molecule has 1 saturated heterocycles. The first kappa shape index (κ1) is 19.7. The molecule has 1 aliphatic heterocycles. The summed E-state index contributed by atoms with van der Waals surface area (Å²) in [5.74, 6) is 3.57. The molecule has 5 heteroatoms. The van der Waals surface area contributed by atoms with Gasteiger partial charge < -0.3 is 14.5 Å². The highest BCUT2D eigenvalue weighted by molar-refractivity contribution is 5.92. The van der Waals surface area contributed by atoms with E-state index in [1.165, 1.54) is 19.3 Å². The van der Waals surface area contributed by atoms with Gasteiger partial charge in [0.2, 0.25) is 11.8 Å². The molecule has 4 bridgehead atoms. The van der Waals surface area contributed by atoms with Crippen molar-refractivity contribution in [1.29, 1.82) is 0 Å². The number of carbonyl (C=O) groups excluding carboxylic acids is 2. The first-order chi connectivity index (χ1) is 14.5. The van der Waals surface area contributed by atoms with Crippen molar-refractivity contribution in [3.05, 3.63) is 35.9 Å². The predicted octanol–water partition coefficient (Wildman–Crippen LogP) is 3.60. The highest BCUT2D eigenvalue weighted by Crippen LogP contribution is 2.60. The van der Waals surface area contributed by atoms with Crippen molar-refractivity contribution in [3.63, 3.8) is 0 Å². The number of hydrogen-bond acceptors (Lipinski definition) is 3. The van der Waals surface area contributed by atoms with Crippen LogP contribution in [-0.2, 0) is 9.59 Å². The monoisotopic (exact) mass is 408 g/mol. The molecule has 4 saturated carbocycles. The van der Waals surface area contributed by atoms with Crippen LogP contribution < -0.4 is 4.74 Å². The molecule has 5 fully saturated rings. The summed E-state index contributed by atoms with van der Waals surface area (Å²) < 4.78 is 5.16. The third-order valence-corrected chi connectivity index (χ3v) is 7.90. The second-order valence-corrected chi connectivity index (χ2v) is 9.92. The second kappa shape index (κ2) is 7.75. The molecule has 1 aromatic rings. The Bertz CT molecular complexity index is 801. The lowest BCUT2D eigenvalue weighted by Gasteiger charge is -2.57. The molecule has 4 aliphatic carbocycles. The Kier molecular flexibility index (Phi) is 5.08. The maximum Gasteiger partial charge on any atom is 0.246 e. The summed E-state index contributed by atoms with van der Waals surface area (Å²) in [6.45, 7) is 2.60. The Morgan fingerprint density at radius 2 is 1.43 bits per heavy atom. The van der Waals surface area contributed by atoms with E-state index in [-0.39, 0.29) is 11.3 Å². The fraction of sp³-hybridized carbons (Fsp3) is 0.600. The van der Waals surface area contributed by atoms with Gasteiger partial charge in [0.25, 0.3) is 0 Å². The molecule has 0 spiro atoms. The highest BCUT2D eigenvalue weighted by Gasteiger charge is 2.55. The van der Waals surface area contributed by atoms with Crippen molar-refractivity contribution in [2.75, 3.05) is 33.3 Å². The van der Waals surface area contributed by atoms with Crippen LogP contribution >= 0.6 is 0 Å². The summed E-state index contributed by atoms with van der Waals surface area (Å²) in [5, 5.41) is 0. The van der Waals surface area contributed by atoms with Crippen molar-refractivity contribution in [1.82, 2.24) is 9.80 Å². The summed E-state index contributed by atoms with van der Waals surface area (Å²) in [5.41, 5.74) is 0.898. The van der Waals surface area contributed by atoms with Crippen LogP contribution in [0.15, 0.2) is 30.3 Å². The fourth-order valence-electron chi connectivity index (χ4n) is 6.83. The third kappa shape index (κ3) is 3.63. The zero-order valence-electron chi connectivity index (χ0n) is 17.9. The summed E-state index contributed by atoms with van der Waals surface area (Å²) >= 11 is 0. The first-order valence-corrected chi connectivity index (χ1v) is 11.4. The van der Waals surface area contributed by atoms with E-state index in [4.69, 9.17) is 4.74 Å². The molecule has 0 unspecified atom stereocenters. The normalized spacial score (nSPS) is 32.6. The molecule has 0 N–H and O–H groups in total. The quantitative estimate of drug-likeness (QED) is 0.716. The zero-order valence-corrected chi connectivity index (χ0v) is 17.9. The smallest absolute Gasteiger partial charge is 0.246 e. The second-order valence-electron chi connectivity index (χ2n) is 9.92. The average molecular weight is 409 g/mol. The number of ether oxygens (including phenoxy) is 1. The number of hydrogen-bond donors (Lipinski definition) is 0. The summed E-state index contributed by atoms with van der Waals surface area (Å²) in [4.78, 5) is 30.0. The molecule has 0 aromatic heterocycles. The minimum atomic E-state index is -0.0742. The van der Waals surface area contributed by atoms with Crippen LogP contribution in [-0.4, -0.2) is 54.9 Å². The SMILES string of the molecule is COc1ccc(C=CC(=O)N2CCN(C(=O)C34CC5CC(CC(C5)C3)C4)CC2)cc1. The van der Waals surface area contributed by atoms with Crippen LogP contribution in [0.2, 0.25) is 0 Å². The average Bonchev–Trinajstić information content (AvgIpc) is 2.76. The van der Waals surface area contributed by atoms with Gasteiger partial charge in [0.1, 0.15) is 5.75 Å². The van der Waals surface area contributed by atoms with E-state index in [0.717, 1.165) is 48.3 Å². The Balaban J connectivity index is 1.16. The molecule has 0 radical (unpaired) electrons. The topological polar surface area (TPSA) is 49.9 Å². The van der Waals surface area contributed by atoms with Gasteiger partial charge in [-0.2, -0.15) is 0 Å². The first-order valence-electron chi connectivity index (χ1n) is 11.4. The molecule has 1 aromatic carbocycles. The number of benzene rings is 1. The van der Waals surface area contributed by atoms with Crippen molar-refractivity contribution in [2.24, 2.45) is 23.2 Å². The van der Waals surface area contributed by atoms with E-state index < -0.39 is 0 Å². The van der Waals surface area contributed by atoms with Gasteiger partial charge in [0, 0.05) is 32.3 Å². The number of methoxy groups -OCH3 is 1.